The summed E-state index contributed by atoms with van der Waals surface area (Å²) in [6.07, 6.45) is 0.797. The number of nitrogens with zero attached hydrogens (tertiary/aromatic N) is 1. The number of likely N-dealkylation sites (N-methyl/N-ethyl adjacent to an activating group) is 1. The summed E-state index contributed by atoms with van der Waals surface area (Å²) >= 11 is 0. The third kappa shape index (κ3) is 4.19. The van der Waals surface area contributed by atoms with Crippen molar-refractivity contribution in [1.82, 2.24) is 4.90 Å². The lowest BCUT2D eigenvalue weighted by atomic mass is 10.1. The number of carbonyl (C=O) groups excluding carboxylic acids is 2. The fourth-order valence-corrected chi connectivity index (χ4v) is 2.47. The van der Waals surface area contributed by atoms with Crippen LogP contribution >= 0.6 is 0 Å². The second kappa shape index (κ2) is 7.58. The van der Waals surface area contributed by atoms with Gasteiger partial charge in [0, 0.05) is 19.3 Å². The van der Waals surface area contributed by atoms with Gasteiger partial charge in [-0.05, 0) is 30.0 Å². The highest BCUT2D eigenvalue weighted by atomic mass is 16.2. The Balaban J connectivity index is 2.07. The molecule has 4 nitrogen and oxygen atoms in total. The minimum atomic E-state index is -0.604. The summed E-state index contributed by atoms with van der Waals surface area (Å²) in [5.41, 5.74) is 3.70. The summed E-state index contributed by atoms with van der Waals surface area (Å²) in [7, 11) is 1.63. The van der Waals surface area contributed by atoms with Gasteiger partial charge in [0.25, 0.3) is 0 Å². The molecule has 0 atom stereocenters. The first-order valence-corrected chi connectivity index (χ1v) is 7.71. The largest absolute Gasteiger partial charge is 0.333 e. The number of nitrogens with one attached hydrogen (secondary N) is 1. The number of aryl methyl sites for hydroxylation is 2. The molecule has 2 aromatic carbocycles. The van der Waals surface area contributed by atoms with E-state index in [0.29, 0.717) is 6.54 Å². The normalized spacial score (nSPS) is 10.2. The lowest BCUT2D eigenvalue weighted by Crippen LogP contribution is -2.37. The number of rotatable bonds is 4. The van der Waals surface area contributed by atoms with Crippen LogP contribution in [0.15, 0.2) is 48.5 Å². The van der Waals surface area contributed by atoms with Gasteiger partial charge < -0.3 is 10.2 Å². The molecule has 23 heavy (non-hydrogen) atoms. The SMILES string of the molecule is CCc1cccc(C)c1NC(=O)C(=O)N(C)Cc1ccccc1. The van der Waals surface area contributed by atoms with E-state index in [0.717, 1.165) is 28.8 Å². The molecule has 0 aliphatic carbocycles. The van der Waals surface area contributed by atoms with Gasteiger partial charge in [0.05, 0.1) is 0 Å². The third-order valence-corrected chi connectivity index (χ3v) is 3.78. The standard InChI is InChI=1S/C19H22N2O2/c1-4-16-12-8-9-14(2)17(16)20-18(22)19(23)21(3)13-15-10-6-5-7-11-15/h5-12H,4,13H2,1-3H3,(H,20,22). The quantitative estimate of drug-likeness (QED) is 0.882. The van der Waals surface area contributed by atoms with E-state index >= 15 is 0 Å². The molecule has 0 spiro atoms. The summed E-state index contributed by atoms with van der Waals surface area (Å²) in [6.45, 7) is 4.35. The van der Waals surface area contributed by atoms with Gasteiger partial charge in [-0.25, -0.2) is 0 Å². The molecule has 0 heterocycles. The highest BCUT2D eigenvalue weighted by Gasteiger charge is 2.20. The maximum Gasteiger partial charge on any atom is 0.313 e. The molecule has 0 unspecified atom stereocenters. The predicted molar refractivity (Wildman–Crippen MR) is 92.1 cm³/mol. The highest BCUT2D eigenvalue weighted by Crippen LogP contribution is 2.21. The number of hydrogen-bond acceptors (Lipinski definition) is 2. The Hall–Kier alpha value is -2.62. The Kier molecular flexibility index (Phi) is 5.52. The van der Waals surface area contributed by atoms with Crippen molar-refractivity contribution < 1.29 is 9.59 Å². The smallest absolute Gasteiger partial charge is 0.313 e. The number of benzene rings is 2. The van der Waals surface area contributed by atoms with Gasteiger partial charge in [0.1, 0.15) is 0 Å². The zero-order valence-electron chi connectivity index (χ0n) is 13.8. The van der Waals surface area contributed by atoms with Crippen molar-refractivity contribution >= 4 is 17.5 Å². The summed E-state index contributed by atoms with van der Waals surface area (Å²) in [5.74, 6) is -1.15. The molecule has 0 aliphatic heterocycles. The minimum absolute atomic E-state index is 0.404. The van der Waals surface area contributed by atoms with Crippen molar-refractivity contribution in [3.8, 4) is 0 Å². The van der Waals surface area contributed by atoms with E-state index in [1.54, 1.807) is 7.05 Å². The van der Waals surface area contributed by atoms with Crippen LogP contribution in [0.3, 0.4) is 0 Å². The van der Waals surface area contributed by atoms with Crippen molar-refractivity contribution in [2.45, 2.75) is 26.8 Å². The maximum atomic E-state index is 12.3. The van der Waals surface area contributed by atoms with Gasteiger partial charge in [0.2, 0.25) is 0 Å². The van der Waals surface area contributed by atoms with Crippen molar-refractivity contribution in [1.29, 1.82) is 0 Å². The molecular formula is C19H22N2O2. The van der Waals surface area contributed by atoms with Crippen molar-refractivity contribution in [3.05, 3.63) is 65.2 Å². The van der Waals surface area contributed by atoms with Crippen molar-refractivity contribution in [2.24, 2.45) is 0 Å². The molecule has 1 N–H and O–H groups in total. The molecule has 0 aliphatic rings. The van der Waals surface area contributed by atoms with Crippen molar-refractivity contribution in [2.75, 3.05) is 12.4 Å². The predicted octanol–water partition coefficient (Wildman–Crippen LogP) is 3.15. The Bertz CT molecular complexity index is 696. The molecule has 0 saturated heterocycles. The monoisotopic (exact) mass is 310 g/mol. The number of para-hydroxylation sites is 1. The maximum absolute atomic E-state index is 12.3. The topological polar surface area (TPSA) is 49.4 Å². The summed E-state index contributed by atoms with van der Waals surface area (Å²) < 4.78 is 0. The second-order valence-corrected chi connectivity index (χ2v) is 5.56. The van der Waals surface area contributed by atoms with Gasteiger partial charge >= 0.3 is 11.8 Å². The Morgan fingerprint density at radius 2 is 1.74 bits per heavy atom. The molecule has 0 saturated carbocycles. The van der Waals surface area contributed by atoms with Crippen LogP contribution in [0.4, 0.5) is 5.69 Å². The zero-order chi connectivity index (χ0) is 16.8. The molecule has 0 fully saturated rings. The van der Waals surface area contributed by atoms with E-state index in [-0.39, 0.29) is 0 Å². The third-order valence-electron chi connectivity index (χ3n) is 3.78. The fraction of sp³-hybridized carbons (Fsp3) is 0.263. The molecular weight excluding hydrogens is 288 g/mol. The Morgan fingerprint density at radius 1 is 1.04 bits per heavy atom. The van der Waals surface area contributed by atoms with Crippen LogP contribution in [0.25, 0.3) is 0 Å². The van der Waals surface area contributed by atoms with Crippen LogP contribution in [0, 0.1) is 6.92 Å². The van der Waals surface area contributed by atoms with Gasteiger partial charge in [-0.3, -0.25) is 9.59 Å². The number of anilines is 1. The van der Waals surface area contributed by atoms with Gasteiger partial charge in [0.15, 0.2) is 0 Å². The van der Waals surface area contributed by atoms with E-state index in [4.69, 9.17) is 0 Å². The number of carbonyl (C=O) groups is 2. The lowest BCUT2D eigenvalue weighted by molar-refractivity contribution is -0.142. The summed E-state index contributed by atoms with van der Waals surface area (Å²) in [5, 5.41) is 2.77. The van der Waals surface area contributed by atoms with E-state index in [9.17, 15) is 9.59 Å². The van der Waals surface area contributed by atoms with Crippen LogP contribution in [0.1, 0.15) is 23.6 Å². The van der Waals surface area contributed by atoms with E-state index in [2.05, 4.69) is 5.32 Å². The summed E-state index contributed by atoms with van der Waals surface area (Å²) in [4.78, 5) is 26.0. The molecule has 0 bridgehead atoms. The van der Waals surface area contributed by atoms with Crippen LogP contribution in [-0.2, 0) is 22.6 Å². The average Bonchev–Trinajstić information content (AvgIpc) is 2.56. The summed E-state index contributed by atoms with van der Waals surface area (Å²) in [6, 6.07) is 15.4. The van der Waals surface area contributed by atoms with Gasteiger partial charge in [-0.2, -0.15) is 0 Å². The van der Waals surface area contributed by atoms with Gasteiger partial charge in [-0.1, -0.05) is 55.5 Å². The number of amides is 2. The van der Waals surface area contributed by atoms with E-state index in [1.807, 2.05) is 62.4 Å². The highest BCUT2D eigenvalue weighted by molar-refractivity contribution is 6.39. The van der Waals surface area contributed by atoms with Crippen LogP contribution in [-0.4, -0.2) is 23.8 Å². The molecule has 0 aromatic heterocycles. The Morgan fingerprint density at radius 3 is 2.39 bits per heavy atom. The van der Waals surface area contributed by atoms with Crippen LogP contribution in [0.2, 0.25) is 0 Å². The second-order valence-electron chi connectivity index (χ2n) is 5.56. The van der Waals surface area contributed by atoms with Gasteiger partial charge in [-0.15, -0.1) is 0 Å². The minimum Gasteiger partial charge on any atom is -0.333 e. The Labute approximate surface area is 137 Å². The molecule has 4 heteroatoms. The fourth-order valence-electron chi connectivity index (χ4n) is 2.47. The molecule has 0 radical (unpaired) electrons. The lowest BCUT2D eigenvalue weighted by Gasteiger charge is -2.18. The molecule has 2 aromatic rings. The van der Waals surface area contributed by atoms with E-state index < -0.39 is 11.8 Å². The van der Waals surface area contributed by atoms with Crippen molar-refractivity contribution in [3.63, 3.8) is 0 Å². The molecule has 2 amide bonds. The molecule has 2 rings (SSSR count). The van der Waals surface area contributed by atoms with Crippen LogP contribution < -0.4 is 5.32 Å². The zero-order valence-corrected chi connectivity index (χ0v) is 13.8. The van der Waals surface area contributed by atoms with Crippen LogP contribution in [0.5, 0.6) is 0 Å². The molecule has 120 valence electrons. The van der Waals surface area contributed by atoms with E-state index in [1.165, 1.54) is 4.90 Å². The first-order chi connectivity index (χ1) is 11.0. The average molecular weight is 310 g/mol. The first-order valence-electron chi connectivity index (χ1n) is 7.71. The number of hydrogen-bond donors (Lipinski definition) is 1. The first kappa shape index (κ1) is 16.7.